The summed E-state index contributed by atoms with van der Waals surface area (Å²) in [6, 6.07) is 8.19. The van der Waals surface area contributed by atoms with Crippen LogP contribution >= 0.6 is 0 Å². The fourth-order valence-electron chi connectivity index (χ4n) is 1.97. The van der Waals surface area contributed by atoms with Crippen LogP contribution in [0.4, 0.5) is 5.69 Å². The van der Waals surface area contributed by atoms with Gasteiger partial charge >= 0.3 is 0 Å². The first kappa shape index (κ1) is 12.7. The molecule has 0 radical (unpaired) electrons. The summed E-state index contributed by atoms with van der Waals surface area (Å²) < 4.78 is 5.57. The third-order valence-corrected chi connectivity index (χ3v) is 2.91. The lowest BCUT2D eigenvalue weighted by molar-refractivity contribution is -0.118. The van der Waals surface area contributed by atoms with E-state index in [1.54, 1.807) is 0 Å². The number of carbonyl (C=O) groups excluding carboxylic acids is 1. The van der Waals surface area contributed by atoms with Gasteiger partial charge in [-0.15, -0.1) is 0 Å². The summed E-state index contributed by atoms with van der Waals surface area (Å²) in [5, 5.41) is 6.75. The van der Waals surface area contributed by atoms with E-state index >= 15 is 0 Å². The van der Waals surface area contributed by atoms with Crippen molar-refractivity contribution in [2.75, 3.05) is 25.0 Å². The van der Waals surface area contributed by atoms with Crippen LogP contribution in [0.1, 0.15) is 12.8 Å². The van der Waals surface area contributed by atoms with Crippen LogP contribution in [0.15, 0.2) is 24.3 Å². The molecule has 1 saturated heterocycles. The molecule has 0 saturated carbocycles. The van der Waals surface area contributed by atoms with Crippen molar-refractivity contribution < 1.29 is 9.53 Å². The summed E-state index contributed by atoms with van der Waals surface area (Å²) >= 11 is 0. The number of primary amides is 1. The summed E-state index contributed by atoms with van der Waals surface area (Å²) in [5.74, 6) is 0.422. The second-order valence-electron chi connectivity index (χ2n) is 4.39. The van der Waals surface area contributed by atoms with Crippen molar-refractivity contribution >= 4 is 11.6 Å². The molecule has 0 bridgehead atoms. The molecule has 5 heteroatoms. The number of para-hydroxylation sites is 2. The Morgan fingerprint density at radius 1 is 1.50 bits per heavy atom. The van der Waals surface area contributed by atoms with Crippen LogP contribution in [0.25, 0.3) is 0 Å². The zero-order chi connectivity index (χ0) is 12.8. The predicted octanol–water partition coefficient (Wildman–Crippen LogP) is 0.715. The van der Waals surface area contributed by atoms with E-state index in [2.05, 4.69) is 10.6 Å². The molecule has 0 spiro atoms. The minimum atomic E-state index is -0.347. The maximum atomic E-state index is 10.7. The first-order chi connectivity index (χ1) is 8.75. The summed E-state index contributed by atoms with van der Waals surface area (Å²) in [6.07, 6.45) is 1.34. The molecule has 1 atom stereocenters. The summed E-state index contributed by atoms with van der Waals surface area (Å²) in [7, 11) is 0. The number of nitrogens with two attached hydrogens (primary N) is 1. The van der Waals surface area contributed by atoms with Crippen molar-refractivity contribution in [3.05, 3.63) is 24.3 Å². The smallest absolute Gasteiger partial charge is 0.220 e. The molecule has 0 aliphatic carbocycles. The summed E-state index contributed by atoms with van der Waals surface area (Å²) in [5.41, 5.74) is 6.05. The van der Waals surface area contributed by atoms with Crippen LogP contribution < -0.4 is 21.1 Å². The van der Waals surface area contributed by atoms with Gasteiger partial charge in [-0.2, -0.15) is 0 Å². The van der Waals surface area contributed by atoms with Gasteiger partial charge in [-0.1, -0.05) is 12.1 Å². The topological polar surface area (TPSA) is 76.4 Å². The first-order valence-electron chi connectivity index (χ1n) is 6.23. The Bertz CT molecular complexity index is 403. The Morgan fingerprint density at radius 2 is 2.33 bits per heavy atom. The molecular formula is C13H19N3O2. The van der Waals surface area contributed by atoms with Crippen molar-refractivity contribution in [3.63, 3.8) is 0 Å². The van der Waals surface area contributed by atoms with E-state index in [4.69, 9.17) is 10.5 Å². The quantitative estimate of drug-likeness (QED) is 0.694. The Kier molecular flexibility index (Phi) is 4.41. The van der Waals surface area contributed by atoms with Crippen molar-refractivity contribution in [3.8, 4) is 5.75 Å². The van der Waals surface area contributed by atoms with Crippen LogP contribution in [-0.2, 0) is 4.79 Å². The van der Waals surface area contributed by atoms with Gasteiger partial charge in [0, 0.05) is 12.6 Å². The average Bonchev–Trinajstić information content (AvgIpc) is 2.84. The van der Waals surface area contributed by atoms with Gasteiger partial charge in [-0.25, -0.2) is 0 Å². The third kappa shape index (κ3) is 3.63. The van der Waals surface area contributed by atoms with Gasteiger partial charge in [-0.05, 0) is 25.1 Å². The molecule has 1 unspecified atom stereocenters. The summed E-state index contributed by atoms with van der Waals surface area (Å²) in [6.45, 7) is 2.33. The van der Waals surface area contributed by atoms with E-state index in [0.717, 1.165) is 30.9 Å². The largest absolute Gasteiger partial charge is 0.491 e. The zero-order valence-corrected chi connectivity index (χ0v) is 10.3. The SMILES string of the molecule is NC(=O)CCOc1ccccc1NC1CCNC1. The molecular weight excluding hydrogens is 230 g/mol. The molecule has 4 N–H and O–H groups in total. The molecule has 18 heavy (non-hydrogen) atoms. The van der Waals surface area contributed by atoms with Gasteiger partial charge in [0.25, 0.3) is 0 Å². The highest BCUT2D eigenvalue weighted by atomic mass is 16.5. The summed E-state index contributed by atoms with van der Waals surface area (Å²) in [4.78, 5) is 10.7. The molecule has 1 aromatic carbocycles. The number of ether oxygens (including phenoxy) is 1. The average molecular weight is 249 g/mol. The minimum Gasteiger partial charge on any atom is -0.491 e. The van der Waals surface area contributed by atoms with Crippen LogP contribution in [0.5, 0.6) is 5.75 Å². The minimum absolute atomic E-state index is 0.235. The second kappa shape index (κ2) is 6.26. The second-order valence-corrected chi connectivity index (χ2v) is 4.39. The van der Waals surface area contributed by atoms with Gasteiger partial charge in [0.15, 0.2) is 0 Å². The first-order valence-corrected chi connectivity index (χ1v) is 6.23. The van der Waals surface area contributed by atoms with E-state index in [1.165, 1.54) is 0 Å². The van der Waals surface area contributed by atoms with Crippen molar-refractivity contribution in [1.82, 2.24) is 5.32 Å². The normalized spacial score (nSPS) is 18.6. The van der Waals surface area contributed by atoms with Gasteiger partial charge in [0.1, 0.15) is 5.75 Å². The number of benzene rings is 1. The Balaban J connectivity index is 1.93. The maximum Gasteiger partial charge on any atom is 0.220 e. The van der Waals surface area contributed by atoms with Gasteiger partial charge in [0.2, 0.25) is 5.91 Å². The van der Waals surface area contributed by atoms with Crippen molar-refractivity contribution in [2.45, 2.75) is 18.9 Å². The number of rotatable bonds is 6. The van der Waals surface area contributed by atoms with Crippen LogP contribution in [0, 0.1) is 0 Å². The van der Waals surface area contributed by atoms with Gasteiger partial charge < -0.3 is 21.1 Å². The Hall–Kier alpha value is -1.75. The van der Waals surface area contributed by atoms with Crippen LogP contribution in [0.3, 0.4) is 0 Å². The molecule has 1 amide bonds. The van der Waals surface area contributed by atoms with E-state index < -0.39 is 0 Å². The Labute approximate surface area is 107 Å². The molecule has 0 aromatic heterocycles. The third-order valence-electron chi connectivity index (χ3n) is 2.91. The fraction of sp³-hybridized carbons (Fsp3) is 0.462. The molecule has 1 aliphatic rings. The zero-order valence-electron chi connectivity index (χ0n) is 10.3. The molecule has 1 fully saturated rings. The lowest BCUT2D eigenvalue weighted by Gasteiger charge is -2.16. The number of hydrogen-bond acceptors (Lipinski definition) is 4. The number of anilines is 1. The van der Waals surface area contributed by atoms with Gasteiger partial charge in [-0.3, -0.25) is 4.79 Å². The molecule has 98 valence electrons. The lowest BCUT2D eigenvalue weighted by Crippen LogP contribution is -2.22. The highest BCUT2D eigenvalue weighted by Gasteiger charge is 2.15. The van der Waals surface area contributed by atoms with E-state index in [1.807, 2.05) is 24.3 Å². The number of nitrogens with one attached hydrogen (secondary N) is 2. The Morgan fingerprint density at radius 3 is 3.06 bits per heavy atom. The molecule has 1 aliphatic heterocycles. The number of amides is 1. The van der Waals surface area contributed by atoms with Crippen molar-refractivity contribution in [2.24, 2.45) is 5.73 Å². The van der Waals surface area contributed by atoms with Crippen LogP contribution in [0.2, 0.25) is 0 Å². The van der Waals surface area contributed by atoms with E-state index in [-0.39, 0.29) is 12.3 Å². The maximum absolute atomic E-state index is 10.7. The van der Waals surface area contributed by atoms with E-state index in [9.17, 15) is 4.79 Å². The predicted molar refractivity (Wildman–Crippen MR) is 70.6 cm³/mol. The highest BCUT2D eigenvalue weighted by molar-refractivity contribution is 5.73. The molecule has 2 rings (SSSR count). The van der Waals surface area contributed by atoms with E-state index in [0.29, 0.717) is 12.6 Å². The molecule has 1 aromatic rings. The van der Waals surface area contributed by atoms with Crippen LogP contribution in [-0.4, -0.2) is 31.6 Å². The monoisotopic (exact) mass is 249 g/mol. The molecule has 1 heterocycles. The van der Waals surface area contributed by atoms with Gasteiger partial charge in [0.05, 0.1) is 18.7 Å². The highest BCUT2D eigenvalue weighted by Crippen LogP contribution is 2.25. The number of hydrogen-bond donors (Lipinski definition) is 3. The fourth-order valence-corrected chi connectivity index (χ4v) is 1.97. The lowest BCUT2D eigenvalue weighted by atomic mass is 10.2. The van der Waals surface area contributed by atoms with Crippen molar-refractivity contribution in [1.29, 1.82) is 0 Å². The standard InChI is InChI=1S/C13H19N3O2/c14-13(17)6-8-18-12-4-2-1-3-11(12)16-10-5-7-15-9-10/h1-4,10,15-16H,5-9H2,(H2,14,17). The molecule has 5 nitrogen and oxygen atoms in total. The number of carbonyl (C=O) groups is 1.